The second kappa shape index (κ2) is 16.3. The number of benzene rings is 6. The lowest BCUT2D eigenvalue weighted by atomic mass is 9.84. The van der Waals surface area contributed by atoms with Crippen LogP contribution < -0.4 is 15.9 Å². The lowest BCUT2D eigenvalue weighted by molar-refractivity contribution is -0.228. The zero-order chi connectivity index (χ0) is 37.5. The summed E-state index contributed by atoms with van der Waals surface area (Å²) in [6.07, 6.45) is 0.965. The quantitative estimate of drug-likeness (QED) is 0.0561. The fourth-order valence-electron chi connectivity index (χ4n) is 7.53. The third-order valence-corrected chi connectivity index (χ3v) is 16.2. The number of hydrogen-bond donors (Lipinski definition) is 1. The van der Waals surface area contributed by atoms with Gasteiger partial charge in [-0.3, -0.25) is 4.79 Å². The number of aliphatic hydroxyl groups is 1. The first-order valence-electron chi connectivity index (χ1n) is 18.0. The van der Waals surface area contributed by atoms with E-state index in [-0.39, 0.29) is 6.42 Å². The molecule has 0 spiro atoms. The molecule has 6 aromatic carbocycles. The van der Waals surface area contributed by atoms with Crippen molar-refractivity contribution in [2.24, 2.45) is 5.92 Å². The van der Waals surface area contributed by atoms with E-state index in [4.69, 9.17) is 4.84 Å². The highest BCUT2D eigenvalue weighted by molar-refractivity contribution is 8.01. The average molecular weight is 748 g/mol. The molecular weight excluding hydrogens is 706 g/mol. The van der Waals surface area contributed by atoms with Gasteiger partial charge in [-0.2, -0.15) is 5.06 Å². The van der Waals surface area contributed by atoms with Gasteiger partial charge in [0.1, 0.15) is 11.3 Å². The molecule has 1 N–H and O–H groups in total. The molecule has 1 aliphatic heterocycles. The third-order valence-electron chi connectivity index (χ3n) is 9.99. The molecule has 3 unspecified atom stereocenters. The Morgan fingerprint density at radius 3 is 1.39 bits per heavy atom. The number of nitrogens with zero attached hydrogens (tertiary/aromatic N) is 1. The molecule has 1 heterocycles. The van der Waals surface area contributed by atoms with Crippen molar-refractivity contribution in [3.63, 3.8) is 0 Å². The van der Waals surface area contributed by atoms with Crippen molar-refractivity contribution in [3.8, 4) is 0 Å². The van der Waals surface area contributed by atoms with Gasteiger partial charge < -0.3 is 9.94 Å². The van der Waals surface area contributed by atoms with Crippen LogP contribution in [0.1, 0.15) is 30.0 Å². The first-order valence-corrected chi connectivity index (χ1v) is 20.7. The Bertz CT molecular complexity index is 2050. The third kappa shape index (κ3) is 6.67. The number of hydroxylamine groups is 2. The van der Waals surface area contributed by atoms with Crippen LogP contribution in [0.2, 0.25) is 0 Å². The Morgan fingerprint density at radius 2 is 1.06 bits per heavy atom. The maximum absolute atomic E-state index is 15.1. The van der Waals surface area contributed by atoms with Crippen molar-refractivity contribution in [1.82, 2.24) is 5.06 Å². The standard InChI is InChI=1S/C47H42NO4PS/c1-3-22-42(53(39-29-16-7-17-30-39,40-31-18-8-19-32-40)41-33-20-9-21-34-41)46(51)52-48-44(50)43(35(2)49)45(48)54-47(36-23-10-4-11-24-36,37-25-12-5-13-26-37)38-27-14-6-15-28-38/h3-21,23-35,43,45,49H,1,22H2,2H3. The fraction of sp³-hybridized carbons (Fsp3) is 0.128. The Hall–Kier alpha value is -5.39. The molecule has 0 radical (unpaired) electrons. The molecule has 7 heteroatoms. The molecule has 7 rings (SSSR count). The first-order chi connectivity index (χ1) is 26.4. The molecule has 0 saturated carbocycles. The zero-order valence-corrected chi connectivity index (χ0v) is 31.7. The summed E-state index contributed by atoms with van der Waals surface area (Å²) in [6, 6.07) is 60.6. The van der Waals surface area contributed by atoms with Gasteiger partial charge in [-0.05, 0) is 52.8 Å². The zero-order valence-electron chi connectivity index (χ0n) is 30.0. The number of β-lactam (4-membered cyclic amide) rings is 1. The summed E-state index contributed by atoms with van der Waals surface area (Å²) in [5.41, 5.74) is 2.97. The monoisotopic (exact) mass is 747 g/mol. The maximum atomic E-state index is 15.1. The highest BCUT2D eigenvalue weighted by Gasteiger charge is 2.57. The van der Waals surface area contributed by atoms with Gasteiger partial charge in [-0.15, -0.1) is 18.3 Å². The molecule has 1 saturated heterocycles. The van der Waals surface area contributed by atoms with Gasteiger partial charge in [-0.1, -0.05) is 188 Å². The summed E-state index contributed by atoms with van der Waals surface area (Å²) in [4.78, 5) is 35.6. The number of thioether (sulfide) groups is 1. The summed E-state index contributed by atoms with van der Waals surface area (Å²) in [5, 5.41) is 15.1. The summed E-state index contributed by atoms with van der Waals surface area (Å²) in [5.74, 6) is -1.87. The topological polar surface area (TPSA) is 66.8 Å². The Balaban J connectivity index is 1.41. The number of allylic oxidation sites excluding steroid dienone is 1. The van der Waals surface area contributed by atoms with Gasteiger partial charge in [-0.25, -0.2) is 4.79 Å². The number of hydrogen-bond acceptors (Lipinski definition) is 5. The normalized spacial score (nSPS) is 16.2. The Morgan fingerprint density at radius 1 is 0.704 bits per heavy atom. The van der Waals surface area contributed by atoms with Gasteiger partial charge in [0.05, 0.1) is 16.1 Å². The molecule has 0 bridgehead atoms. The van der Waals surface area contributed by atoms with E-state index < -0.39 is 40.9 Å². The van der Waals surface area contributed by atoms with Crippen LogP contribution in [0.5, 0.6) is 0 Å². The van der Waals surface area contributed by atoms with E-state index in [0.29, 0.717) is 5.29 Å². The minimum atomic E-state index is -2.86. The van der Waals surface area contributed by atoms with E-state index in [1.54, 1.807) is 13.0 Å². The second-order valence-electron chi connectivity index (χ2n) is 13.2. The summed E-state index contributed by atoms with van der Waals surface area (Å²) >= 11 is 1.50. The van der Waals surface area contributed by atoms with Crippen LogP contribution in [0.15, 0.2) is 195 Å². The van der Waals surface area contributed by atoms with Crippen molar-refractivity contribution >= 4 is 51.7 Å². The summed E-state index contributed by atoms with van der Waals surface area (Å²) in [7, 11) is 0. The molecule has 1 aliphatic rings. The van der Waals surface area contributed by atoms with E-state index in [1.807, 2.05) is 109 Å². The number of carbonyl (C=O) groups excluding carboxylic acids is 2. The van der Waals surface area contributed by atoms with Gasteiger partial charge in [0.25, 0.3) is 5.91 Å². The largest absolute Gasteiger partial charge is 0.392 e. The highest BCUT2D eigenvalue weighted by atomic mass is 32.2. The maximum Gasteiger partial charge on any atom is 0.360 e. The van der Waals surface area contributed by atoms with Crippen molar-refractivity contribution in [3.05, 3.63) is 211 Å². The molecule has 270 valence electrons. The van der Waals surface area contributed by atoms with Crippen molar-refractivity contribution < 1.29 is 19.5 Å². The fourth-order valence-corrected chi connectivity index (χ4v) is 13.8. The van der Waals surface area contributed by atoms with Crippen LogP contribution in [0.4, 0.5) is 0 Å². The molecule has 1 amide bonds. The molecular formula is C47H42NO4PS. The van der Waals surface area contributed by atoms with E-state index in [0.717, 1.165) is 32.6 Å². The predicted molar refractivity (Wildman–Crippen MR) is 224 cm³/mol. The van der Waals surface area contributed by atoms with E-state index in [9.17, 15) is 9.90 Å². The van der Waals surface area contributed by atoms with Gasteiger partial charge in [0.2, 0.25) is 0 Å². The van der Waals surface area contributed by atoms with E-state index in [2.05, 4.69) is 79.4 Å². The van der Waals surface area contributed by atoms with Gasteiger partial charge in [0.15, 0.2) is 0 Å². The molecule has 1 fully saturated rings. The first kappa shape index (κ1) is 36.9. The lowest BCUT2D eigenvalue weighted by Crippen LogP contribution is -2.64. The lowest BCUT2D eigenvalue weighted by Gasteiger charge is -2.49. The molecule has 6 aromatic rings. The van der Waals surface area contributed by atoms with Crippen LogP contribution in [0.3, 0.4) is 0 Å². The van der Waals surface area contributed by atoms with E-state index in [1.165, 1.54) is 16.8 Å². The van der Waals surface area contributed by atoms with Crippen LogP contribution in [0.25, 0.3) is 0 Å². The number of aliphatic hydroxyl groups excluding tert-OH is 1. The number of rotatable bonds is 13. The molecule has 5 nitrogen and oxygen atoms in total. The average Bonchev–Trinajstić information content (AvgIpc) is 3.23. The molecule has 0 aliphatic carbocycles. The van der Waals surface area contributed by atoms with Gasteiger partial charge in [0, 0.05) is 0 Å². The van der Waals surface area contributed by atoms with E-state index >= 15 is 4.79 Å². The van der Waals surface area contributed by atoms with Crippen molar-refractivity contribution in [1.29, 1.82) is 0 Å². The number of amides is 1. The molecule has 0 aromatic heterocycles. The predicted octanol–water partition coefficient (Wildman–Crippen LogP) is 8.08. The highest BCUT2D eigenvalue weighted by Crippen LogP contribution is 2.55. The Kier molecular flexibility index (Phi) is 11.2. The second-order valence-corrected chi connectivity index (χ2v) is 18.0. The van der Waals surface area contributed by atoms with Crippen LogP contribution >= 0.6 is 18.6 Å². The van der Waals surface area contributed by atoms with Crippen molar-refractivity contribution in [2.45, 2.75) is 29.6 Å². The summed E-state index contributed by atoms with van der Waals surface area (Å²) < 4.78 is -0.838. The molecule has 54 heavy (non-hydrogen) atoms. The minimum Gasteiger partial charge on any atom is -0.392 e. The minimum absolute atomic E-state index is 0.229. The summed E-state index contributed by atoms with van der Waals surface area (Å²) in [6.45, 7) is 2.84. The number of carbonyl (C=O) groups is 2. The van der Waals surface area contributed by atoms with Crippen LogP contribution in [0, 0.1) is 5.92 Å². The molecule has 3 atom stereocenters. The Labute approximate surface area is 321 Å². The van der Waals surface area contributed by atoms with Crippen LogP contribution in [-0.4, -0.2) is 38.8 Å². The van der Waals surface area contributed by atoms with Crippen molar-refractivity contribution in [2.75, 3.05) is 0 Å². The smallest absolute Gasteiger partial charge is 0.360 e. The van der Waals surface area contributed by atoms with Gasteiger partial charge >= 0.3 is 5.97 Å². The van der Waals surface area contributed by atoms with Crippen LogP contribution in [-0.2, 0) is 19.2 Å². The SMILES string of the molecule is C=CCC(C(=O)ON1C(=O)C(C(C)O)C1SC(c1ccccc1)(c1ccccc1)c1ccccc1)=P(c1ccccc1)(c1ccccc1)c1ccccc1.